The molecule has 0 saturated carbocycles. The molecule has 1 aromatic carbocycles. The Bertz CT molecular complexity index is 433. The van der Waals surface area contributed by atoms with Gasteiger partial charge in [0, 0.05) is 5.69 Å². The molecule has 0 aromatic heterocycles. The highest BCUT2D eigenvalue weighted by atomic mass is 16.5. The van der Waals surface area contributed by atoms with E-state index in [1.807, 2.05) is 13.8 Å². The maximum atomic E-state index is 11.1. The van der Waals surface area contributed by atoms with E-state index in [-0.39, 0.29) is 5.92 Å². The highest BCUT2D eigenvalue weighted by molar-refractivity contribution is 5.85. The molecule has 1 rings (SSSR count). The summed E-state index contributed by atoms with van der Waals surface area (Å²) in [6.07, 6.45) is -0.508. The van der Waals surface area contributed by atoms with E-state index in [0.29, 0.717) is 11.3 Å². The summed E-state index contributed by atoms with van der Waals surface area (Å²) in [5.41, 5.74) is 2.18. The van der Waals surface area contributed by atoms with Gasteiger partial charge in [-0.1, -0.05) is 13.8 Å². The zero-order valence-electron chi connectivity index (χ0n) is 9.57. The summed E-state index contributed by atoms with van der Waals surface area (Å²) in [4.78, 5) is 11.1. The van der Waals surface area contributed by atoms with Gasteiger partial charge in [0.15, 0.2) is 0 Å². The van der Waals surface area contributed by atoms with Crippen molar-refractivity contribution in [1.82, 2.24) is 0 Å². The normalized spacial score (nSPS) is 9.69. The van der Waals surface area contributed by atoms with Crippen molar-refractivity contribution < 1.29 is 9.53 Å². The SMILES string of the molecule is COC(=O)Nc1ccc(C#N)cc1C(C)C. The summed E-state index contributed by atoms with van der Waals surface area (Å²) < 4.78 is 4.53. The Morgan fingerprint density at radius 1 is 1.50 bits per heavy atom. The summed E-state index contributed by atoms with van der Waals surface area (Å²) in [7, 11) is 1.31. The number of amides is 1. The maximum absolute atomic E-state index is 11.1. The fourth-order valence-corrected chi connectivity index (χ4v) is 1.38. The molecule has 0 unspecified atom stereocenters. The Kier molecular flexibility index (Phi) is 3.90. The minimum absolute atomic E-state index is 0.223. The third-order valence-corrected chi connectivity index (χ3v) is 2.22. The summed E-state index contributed by atoms with van der Waals surface area (Å²) in [5.74, 6) is 0.223. The number of hydrogen-bond acceptors (Lipinski definition) is 3. The second-order valence-corrected chi connectivity index (χ2v) is 3.69. The van der Waals surface area contributed by atoms with Gasteiger partial charge in [0.05, 0.1) is 18.7 Å². The number of carbonyl (C=O) groups is 1. The van der Waals surface area contributed by atoms with E-state index in [2.05, 4.69) is 16.1 Å². The monoisotopic (exact) mass is 218 g/mol. The standard InChI is InChI=1S/C12H14N2O2/c1-8(2)10-6-9(7-13)4-5-11(10)14-12(15)16-3/h4-6,8H,1-3H3,(H,14,15). The summed E-state index contributed by atoms with van der Waals surface area (Å²) >= 11 is 0. The molecule has 0 fully saturated rings. The van der Waals surface area contributed by atoms with Crippen molar-refractivity contribution in [2.45, 2.75) is 19.8 Å². The van der Waals surface area contributed by atoms with Crippen LogP contribution in [0.4, 0.5) is 10.5 Å². The molecule has 1 N–H and O–H groups in total. The molecule has 0 spiro atoms. The molecule has 0 aliphatic carbocycles. The van der Waals surface area contributed by atoms with Crippen molar-refractivity contribution in [3.8, 4) is 6.07 Å². The number of hydrogen-bond donors (Lipinski definition) is 1. The van der Waals surface area contributed by atoms with Crippen molar-refractivity contribution >= 4 is 11.8 Å². The molecular formula is C12H14N2O2. The maximum Gasteiger partial charge on any atom is 0.411 e. The molecule has 0 aliphatic rings. The molecule has 4 nitrogen and oxygen atoms in total. The number of ether oxygens (including phenoxy) is 1. The molecule has 0 bridgehead atoms. The fraction of sp³-hybridized carbons (Fsp3) is 0.333. The third-order valence-electron chi connectivity index (χ3n) is 2.22. The Hall–Kier alpha value is -2.02. The lowest BCUT2D eigenvalue weighted by Crippen LogP contribution is -2.13. The number of nitriles is 1. The first-order valence-corrected chi connectivity index (χ1v) is 4.97. The van der Waals surface area contributed by atoms with E-state index < -0.39 is 6.09 Å². The first-order chi connectivity index (χ1) is 7.58. The van der Waals surface area contributed by atoms with Gasteiger partial charge in [-0.05, 0) is 29.7 Å². The molecule has 16 heavy (non-hydrogen) atoms. The molecule has 84 valence electrons. The van der Waals surface area contributed by atoms with Gasteiger partial charge < -0.3 is 4.74 Å². The van der Waals surface area contributed by atoms with Gasteiger partial charge >= 0.3 is 6.09 Å². The van der Waals surface area contributed by atoms with E-state index in [9.17, 15) is 4.79 Å². The Labute approximate surface area is 94.8 Å². The van der Waals surface area contributed by atoms with Crippen molar-refractivity contribution in [2.75, 3.05) is 12.4 Å². The van der Waals surface area contributed by atoms with Gasteiger partial charge in [-0.15, -0.1) is 0 Å². The molecule has 1 aromatic rings. The van der Waals surface area contributed by atoms with Gasteiger partial charge in [0.25, 0.3) is 0 Å². The molecule has 4 heteroatoms. The van der Waals surface area contributed by atoms with Crippen LogP contribution in [0, 0.1) is 11.3 Å². The Balaban J connectivity index is 3.09. The summed E-state index contributed by atoms with van der Waals surface area (Å²) in [6.45, 7) is 4.00. The van der Waals surface area contributed by atoms with E-state index in [4.69, 9.17) is 5.26 Å². The van der Waals surface area contributed by atoms with E-state index in [1.165, 1.54) is 7.11 Å². The molecule has 0 atom stereocenters. The van der Waals surface area contributed by atoms with Gasteiger partial charge in [0.1, 0.15) is 0 Å². The van der Waals surface area contributed by atoms with Gasteiger partial charge in [0.2, 0.25) is 0 Å². The van der Waals surface area contributed by atoms with E-state index >= 15 is 0 Å². The van der Waals surface area contributed by atoms with Gasteiger partial charge in [-0.2, -0.15) is 5.26 Å². The molecule has 0 saturated heterocycles. The minimum atomic E-state index is -0.508. The molecule has 0 heterocycles. The van der Waals surface area contributed by atoms with Crippen LogP contribution in [0.5, 0.6) is 0 Å². The van der Waals surface area contributed by atoms with Crippen LogP contribution in [0.2, 0.25) is 0 Å². The van der Waals surface area contributed by atoms with Crippen LogP contribution in [0.3, 0.4) is 0 Å². The Morgan fingerprint density at radius 3 is 2.69 bits per heavy atom. The predicted molar refractivity (Wildman–Crippen MR) is 61.3 cm³/mol. The van der Waals surface area contributed by atoms with Crippen molar-refractivity contribution in [3.63, 3.8) is 0 Å². The van der Waals surface area contributed by atoms with Crippen LogP contribution < -0.4 is 5.32 Å². The van der Waals surface area contributed by atoms with Crippen molar-refractivity contribution in [1.29, 1.82) is 5.26 Å². The average molecular weight is 218 g/mol. The van der Waals surface area contributed by atoms with Crippen molar-refractivity contribution in [2.24, 2.45) is 0 Å². The number of rotatable bonds is 2. The zero-order chi connectivity index (χ0) is 12.1. The number of carbonyl (C=O) groups excluding carboxylic acids is 1. The zero-order valence-corrected chi connectivity index (χ0v) is 9.57. The lowest BCUT2D eigenvalue weighted by Gasteiger charge is -2.13. The smallest absolute Gasteiger partial charge is 0.411 e. The van der Waals surface area contributed by atoms with E-state index in [0.717, 1.165) is 5.56 Å². The number of methoxy groups -OCH3 is 1. The third kappa shape index (κ3) is 2.74. The first-order valence-electron chi connectivity index (χ1n) is 4.97. The van der Waals surface area contributed by atoms with Crippen LogP contribution in [0.25, 0.3) is 0 Å². The van der Waals surface area contributed by atoms with Crippen LogP contribution in [-0.2, 0) is 4.74 Å². The lowest BCUT2D eigenvalue weighted by molar-refractivity contribution is 0.187. The van der Waals surface area contributed by atoms with Gasteiger partial charge in [-0.25, -0.2) is 4.79 Å². The highest BCUT2D eigenvalue weighted by Crippen LogP contribution is 2.25. The second kappa shape index (κ2) is 5.17. The van der Waals surface area contributed by atoms with Crippen LogP contribution in [0.1, 0.15) is 30.9 Å². The number of nitrogens with one attached hydrogen (secondary N) is 1. The van der Waals surface area contributed by atoms with Crippen LogP contribution >= 0.6 is 0 Å². The van der Waals surface area contributed by atoms with Crippen LogP contribution in [0.15, 0.2) is 18.2 Å². The average Bonchev–Trinajstić information content (AvgIpc) is 2.29. The van der Waals surface area contributed by atoms with Crippen LogP contribution in [-0.4, -0.2) is 13.2 Å². The molecule has 0 aliphatic heterocycles. The van der Waals surface area contributed by atoms with Gasteiger partial charge in [-0.3, -0.25) is 5.32 Å². The first kappa shape index (κ1) is 12.1. The molecule has 1 amide bonds. The topological polar surface area (TPSA) is 62.1 Å². The second-order valence-electron chi connectivity index (χ2n) is 3.69. The Morgan fingerprint density at radius 2 is 2.19 bits per heavy atom. The quantitative estimate of drug-likeness (QED) is 0.830. The summed E-state index contributed by atoms with van der Waals surface area (Å²) in [5, 5.41) is 11.4. The fourth-order valence-electron chi connectivity index (χ4n) is 1.38. The largest absolute Gasteiger partial charge is 0.453 e. The molecule has 0 radical (unpaired) electrons. The number of nitrogens with zero attached hydrogens (tertiary/aromatic N) is 1. The number of benzene rings is 1. The molecular weight excluding hydrogens is 204 g/mol. The van der Waals surface area contributed by atoms with E-state index in [1.54, 1.807) is 18.2 Å². The lowest BCUT2D eigenvalue weighted by atomic mass is 9.99. The predicted octanol–water partition coefficient (Wildman–Crippen LogP) is 2.86. The highest BCUT2D eigenvalue weighted by Gasteiger charge is 2.10. The summed E-state index contributed by atoms with van der Waals surface area (Å²) in [6, 6.07) is 7.22. The number of anilines is 1. The van der Waals surface area contributed by atoms with Crippen molar-refractivity contribution in [3.05, 3.63) is 29.3 Å². The minimum Gasteiger partial charge on any atom is -0.453 e.